The lowest BCUT2D eigenvalue weighted by Crippen LogP contribution is -1.98. The van der Waals surface area contributed by atoms with Crippen LogP contribution < -0.4 is 15.2 Å². The third-order valence-corrected chi connectivity index (χ3v) is 2.83. The van der Waals surface area contributed by atoms with E-state index in [4.69, 9.17) is 19.7 Å². The molecule has 5 nitrogen and oxygen atoms in total. The van der Waals surface area contributed by atoms with E-state index in [1.165, 1.54) is 0 Å². The average Bonchev–Trinajstić information content (AvgIpc) is 2.86. The number of rotatable bonds is 4. The van der Waals surface area contributed by atoms with Crippen LogP contribution in [0.15, 0.2) is 22.9 Å². The third-order valence-electron chi connectivity index (χ3n) is 2.83. The van der Waals surface area contributed by atoms with Crippen molar-refractivity contribution in [2.24, 2.45) is 5.73 Å². The Balaban J connectivity index is 2.62. The minimum absolute atomic E-state index is 0.359. The predicted molar refractivity (Wildman–Crippen MR) is 67.7 cm³/mol. The topological polar surface area (TPSA) is 70.5 Å². The number of methoxy groups -OCH3 is 2. The van der Waals surface area contributed by atoms with E-state index in [-0.39, 0.29) is 0 Å². The summed E-state index contributed by atoms with van der Waals surface area (Å²) >= 11 is 0. The van der Waals surface area contributed by atoms with Crippen molar-refractivity contribution in [1.82, 2.24) is 5.16 Å². The second-order valence-corrected chi connectivity index (χ2v) is 3.91. The van der Waals surface area contributed by atoms with Gasteiger partial charge in [0, 0.05) is 12.1 Å². The Hall–Kier alpha value is -2.01. The Morgan fingerprint density at radius 2 is 1.94 bits per heavy atom. The lowest BCUT2D eigenvalue weighted by molar-refractivity contribution is 0.395. The molecule has 0 radical (unpaired) electrons. The van der Waals surface area contributed by atoms with E-state index >= 15 is 0 Å². The van der Waals surface area contributed by atoms with E-state index in [2.05, 4.69) is 5.16 Å². The number of hydrogen-bond acceptors (Lipinski definition) is 5. The van der Waals surface area contributed by atoms with Gasteiger partial charge in [-0.25, -0.2) is 0 Å². The van der Waals surface area contributed by atoms with Crippen LogP contribution in [0.4, 0.5) is 0 Å². The highest BCUT2D eigenvalue weighted by molar-refractivity contribution is 5.71. The number of nitrogens with zero attached hydrogens (tertiary/aromatic N) is 1. The van der Waals surface area contributed by atoms with Crippen molar-refractivity contribution in [3.8, 4) is 22.8 Å². The van der Waals surface area contributed by atoms with Crippen LogP contribution in [0.2, 0.25) is 0 Å². The molecule has 0 aliphatic heterocycles. The van der Waals surface area contributed by atoms with Gasteiger partial charge in [0.05, 0.1) is 26.0 Å². The standard InChI is InChI=1S/C13H16N2O3/c1-8-4-12(17-3)10(5-11(8)16-2)13-9(6-14)7-15-18-13/h4-5,7H,6,14H2,1-3H3. The van der Waals surface area contributed by atoms with Crippen LogP contribution in [0.3, 0.4) is 0 Å². The first-order chi connectivity index (χ1) is 8.71. The van der Waals surface area contributed by atoms with Crippen LogP contribution in [0.1, 0.15) is 11.1 Å². The first kappa shape index (κ1) is 12.4. The third kappa shape index (κ3) is 2.04. The molecule has 0 fully saturated rings. The molecule has 96 valence electrons. The number of nitrogens with two attached hydrogens (primary N) is 1. The van der Waals surface area contributed by atoms with Gasteiger partial charge in [0.25, 0.3) is 0 Å². The van der Waals surface area contributed by atoms with Crippen molar-refractivity contribution in [2.45, 2.75) is 13.5 Å². The fourth-order valence-corrected chi connectivity index (χ4v) is 1.86. The van der Waals surface area contributed by atoms with E-state index in [1.807, 2.05) is 19.1 Å². The molecular formula is C13H16N2O3. The monoisotopic (exact) mass is 248 g/mol. The molecule has 0 atom stereocenters. The van der Waals surface area contributed by atoms with Gasteiger partial charge in [-0.15, -0.1) is 0 Å². The van der Waals surface area contributed by atoms with Crippen molar-refractivity contribution < 1.29 is 14.0 Å². The van der Waals surface area contributed by atoms with Gasteiger partial charge in [0.2, 0.25) is 0 Å². The largest absolute Gasteiger partial charge is 0.496 e. The number of aromatic nitrogens is 1. The molecule has 2 N–H and O–H groups in total. The molecule has 0 bridgehead atoms. The molecule has 0 spiro atoms. The maximum Gasteiger partial charge on any atom is 0.175 e. The Morgan fingerprint density at radius 3 is 2.56 bits per heavy atom. The molecule has 18 heavy (non-hydrogen) atoms. The summed E-state index contributed by atoms with van der Waals surface area (Å²) in [6, 6.07) is 3.77. The van der Waals surface area contributed by atoms with Gasteiger partial charge in [0.15, 0.2) is 5.76 Å². The second-order valence-electron chi connectivity index (χ2n) is 3.91. The molecule has 0 saturated carbocycles. The van der Waals surface area contributed by atoms with E-state index in [1.54, 1.807) is 20.4 Å². The van der Waals surface area contributed by atoms with Gasteiger partial charge in [0.1, 0.15) is 11.5 Å². The summed E-state index contributed by atoms with van der Waals surface area (Å²) in [5.41, 5.74) is 8.27. The molecule has 0 aliphatic carbocycles. The highest BCUT2D eigenvalue weighted by atomic mass is 16.5. The van der Waals surface area contributed by atoms with Gasteiger partial charge in [-0.2, -0.15) is 0 Å². The summed E-state index contributed by atoms with van der Waals surface area (Å²) in [7, 11) is 3.24. The number of ether oxygens (including phenoxy) is 2. The first-order valence-electron chi connectivity index (χ1n) is 5.57. The van der Waals surface area contributed by atoms with Gasteiger partial charge in [-0.05, 0) is 24.6 Å². The molecule has 5 heteroatoms. The van der Waals surface area contributed by atoms with E-state index in [0.717, 1.165) is 22.4 Å². The Bertz CT molecular complexity index is 549. The zero-order valence-corrected chi connectivity index (χ0v) is 10.7. The van der Waals surface area contributed by atoms with E-state index < -0.39 is 0 Å². The molecule has 1 aromatic heterocycles. The smallest absolute Gasteiger partial charge is 0.175 e. The number of aryl methyl sites for hydroxylation is 1. The molecule has 1 aromatic carbocycles. The summed E-state index contributed by atoms with van der Waals surface area (Å²) in [5, 5.41) is 3.77. The fraction of sp³-hybridized carbons (Fsp3) is 0.308. The van der Waals surface area contributed by atoms with Crippen LogP contribution in [0.25, 0.3) is 11.3 Å². The summed E-state index contributed by atoms with van der Waals surface area (Å²) in [4.78, 5) is 0. The maximum absolute atomic E-state index is 5.65. The summed E-state index contributed by atoms with van der Waals surface area (Å²) in [5.74, 6) is 2.09. The minimum atomic E-state index is 0.359. The molecule has 2 aromatic rings. The van der Waals surface area contributed by atoms with Crippen molar-refractivity contribution in [2.75, 3.05) is 14.2 Å². The summed E-state index contributed by atoms with van der Waals surface area (Å²) < 4.78 is 15.9. The number of hydrogen-bond donors (Lipinski definition) is 1. The molecule has 1 heterocycles. The van der Waals surface area contributed by atoms with E-state index in [0.29, 0.717) is 18.1 Å². The van der Waals surface area contributed by atoms with Crippen LogP contribution in [0, 0.1) is 6.92 Å². The van der Waals surface area contributed by atoms with Gasteiger partial charge in [-0.1, -0.05) is 5.16 Å². The Morgan fingerprint density at radius 1 is 1.22 bits per heavy atom. The molecule has 0 aliphatic rings. The highest BCUT2D eigenvalue weighted by Crippen LogP contribution is 2.37. The first-order valence-corrected chi connectivity index (χ1v) is 5.57. The van der Waals surface area contributed by atoms with E-state index in [9.17, 15) is 0 Å². The summed E-state index contributed by atoms with van der Waals surface area (Å²) in [6.45, 7) is 2.31. The van der Waals surface area contributed by atoms with Gasteiger partial charge in [-0.3, -0.25) is 0 Å². The highest BCUT2D eigenvalue weighted by Gasteiger charge is 2.17. The minimum Gasteiger partial charge on any atom is -0.496 e. The van der Waals surface area contributed by atoms with Gasteiger partial charge >= 0.3 is 0 Å². The average molecular weight is 248 g/mol. The molecule has 2 rings (SSSR count). The maximum atomic E-state index is 5.65. The lowest BCUT2D eigenvalue weighted by Gasteiger charge is -2.11. The van der Waals surface area contributed by atoms with Crippen molar-refractivity contribution >= 4 is 0 Å². The molecule has 0 unspecified atom stereocenters. The molecular weight excluding hydrogens is 232 g/mol. The van der Waals surface area contributed by atoms with Crippen LogP contribution in [-0.4, -0.2) is 19.4 Å². The normalized spacial score (nSPS) is 10.4. The van der Waals surface area contributed by atoms with Crippen molar-refractivity contribution in [3.63, 3.8) is 0 Å². The zero-order valence-electron chi connectivity index (χ0n) is 10.7. The number of benzene rings is 1. The van der Waals surface area contributed by atoms with Crippen LogP contribution >= 0.6 is 0 Å². The quantitative estimate of drug-likeness (QED) is 0.897. The van der Waals surface area contributed by atoms with Crippen molar-refractivity contribution in [1.29, 1.82) is 0 Å². The Labute approximate surface area is 105 Å². The predicted octanol–water partition coefficient (Wildman–Crippen LogP) is 2.13. The SMILES string of the molecule is COc1cc(-c2oncc2CN)c(OC)cc1C. The van der Waals surface area contributed by atoms with Crippen molar-refractivity contribution in [3.05, 3.63) is 29.5 Å². The van der Waals surface area contributed by atoms with Gasteiger partial charge < -0.3 is 19.7 Å². The second kappa shape index (κ2) is 5.10. The fourth-order valence-electron chi connectivity index (χ4n) is 1.86. The van der Waals surface area contributed by atoms with Crippen LogP contribution in [-0.2, 0) is 6.54 Å². The molecule has 0 saturated heterocycles. The molecule has 0 amide bonds. The zero-order chi connectivity index (χ0) is 13.1. The van der Waals surface area contributed by atoms with Crippen LogP contribution in [0.5, 0.6) is 11.5 Å². The lowest BCUT2D eigenvalue weighted by atomic mass is 10.0. The summed E-state index contributed by atoms with van der Waals surface area (Å²) in [6.07, 6.45) is 1.61. The Kier molecular flexibility index (Phi) is 3.53.